The van der Waals surface area contributed by atoms with Crippen LogP contribution >= 0.6 is 0 Å². The molecule has 0 saturated heterocycles. The zero-order valence-electron chi connectivity index (χ0n) is 11.2. The molecule has 0 aliphatic carbocycles. The van der Waals surface area contributed by atoms with Gasteiger partial charge in [0.1, 0.15) is 0 Å². The minimum Gasteiger partial charge on any atom is -0.332 e. The molecule has 0 radical (unpaired) electrons. The van der Waals surface area contributed by atoms with Crippen LogP contribution in [-0.4, -0.2) is 4.90 Å². The summed E-state index contributed by atoms with van der Waals surface area (Å²) in [5.41, 5.74) is 0. The van der Waals surface area contributed by atoms with Gasteiger partial charge in [-0.05, 0) is 19.3 Å². The van der Waals surface area contributed by atoms with Gasteiger partial charge < -0.3 is 4.90 Å². The second-order valence-corrected chi connectivity index (χ2v) is 3.97. The van der Waals surface area contributed by atoms with Crippen molar-refractivity contribution in [1.29, 1.82) is 0 Å². The molecule has 0 spiro atoms. The maximum atomic E-state index is 2.23. The summed E-state index contributed by atoms with van der Waals surface area (Å²) in [6.45, 7) is 6.61. The third kappa shape index (κ3) is 9.57. The van der Waals surface area contributed by atoms with E-state index in [9.17, 15) is 0 Å². The van der Waals surface area contributed by atoms with Gasteiger partial charge >= 0.3 is 0 Å². The first-order chi connectivity index (χ1) is 7.85. The maximum Gasteiger partial charge on any atom is 0.00417 e. The summed E-state index contributed by atoms with van der Waals surface area (Å²) in [5, 5.41) is 0. The van der Waals surface area contributed by atoms with Gasteiger partial charge in [0, 0.05) is 18.6 Å². The molecule has 0 rings (SSSR count). The van der Waals surface area contributed by atoms with E-state index in [4.69, 9.17) is 0 Å². The monoisotopic (exact) mass is 221 g/mol. The Bertz CT molecular complexity index is 175. The zero-order chi connectivity index (χ0) is 12.1. The van der Waals surface area contributed by atoms with E-state index in [1.165, 1.54) is 19.3 Å². The van der Waals surface area contributed by atoms with Crippen molar-refractivity contribution in [3.05, 3.63) is 36.8 Å². The van der Waals surface area contributed by atoms with Crippen LogP contribution in [0.5, 0.6) is 0 Å². The Kier molecular flexibility index (Phi) is 11.4. The van der Waals surface area contributed by atoms with Gasteiger partial charge in [0.15, 0.2) is 0 Å². The molecule has 0 aliphatic heterocycles. The smallest absolute Gasteiger partial charge is 0.00417 e. The molecule has 0 aromatic carbocycles. The van der Waals surface area contributed by atoms with Gasteiger partial charge in [0.05, 0.1) is 0 Å². The first-order valence-electron chi connectivity index (χ1n) is 6.62. The van der Waals surface area contributed by atoms with Gasteiger partial charge in [-0.3, -0.25) is 0 Å². The Labute approximate surface area is 102 Å². The van der Waals surface area contributed by atoms with E-state index >= 15 is 0 Å². The van der Waals surface area contributed by atoms with Crippen molar-refractivity contribution in [3.8, 4) is 0 Å². The van der Waals surface area contributed by atoms with Gasteiger partial charge in [-0.25, -0.2) is 0 Å². The minimum absolute atomic E-state index is 1.15. The zero-order valence-corrected chi connectivity index (χ0v) is 11.2. The molecule has 0 saturated carbocycles. The lowest BCUT2D eigenvalue weighted by Crippen LogP contribution is -1.98. The quantitative estimate of drug-likeness (QED) is 0.515. The summed E-state index contributed by atoms with van der Waals surface area (Å²) >= 11 is 0. The highest BCUT2D eigenvalue weighted by Crippen LogP contribution is 2.01. The largest absolute Gasteiger partial charge is 0.332 e. The SMILES string of the molecule is CCC/C=C/N(/C=C/CCC)/C=C/CCC. The number of unbranched alkanes of at least 4 members (excludes halogenated alkanes) is 3. The molecule has 0 unspecified atom stereocenters. The van der Waals surface area contributed by atoms with E-state index in [1.807, 2.05) is 0 Å². The first-order valence-corrected chi connectivity index (χ1v) is 6.62. The highest BCUT2D eigenvalue weighted by atomic mass is 15.1. The highest BCUT2D eigenvalue weighted by Gasteiger charge is 1.86. The Balaban J connectivity index is 4.14. The summed E-state index contributed by atoms with van der Waals surface area (Å²) in [6.07, 6.45) is 20.2. The Morgan fingerprint density at radius 3 is 1.19 bits per heavy atom. The Morgan fingerprint density at radius 1 is 0.625 bits per heavy atom. The van der Waals surface area contributed by atoms with Crippen LogP contribution in [0.3, 0.4) is 0 Å². The van der Waals surface area contributed by atoms with Crippen LogP contribution < -0.4 is 0 Å². The Morgan fingerprint density at radius 2 is 0.938 bits per heavy atom. The van der Waals surface area contributed by atoms with E-state index in [1.54, 1.807) is 0 Å². The van der Waals surface area contributed by atoms with Crippen LogP contribution in [0.4, 0.5) is 0 Å². The Hall–Kier alpha value is -0.980. The van der Waals surface area contributed by atoms with Crippen molar-refractivity contribution in [3.63, 3.8) is 0 Å². The molecule has 0 heterocycles. The van der Waals surface area contributed by atoms with Crippen LogP contribution in [0, 0.1) is 0 Å². The molecule has 0 atom stereocenters. The van der Waals surface area contributed by atoms with Crippen LogP contribution in [0.2, 0.25) is 0 Å². The van der Waals surface area contributed by atoms with E-state index in [0.717, 1.165) is 19.3 Å². The summed E-state index contributed by atoms with van der Waals surface area (Å²) in [6, 6.07) is 0. The molecule has 0 aromatic heterocycles. The second kappa shape index (κ2) is 12.1. The fourth-order valence-electron chi connectivity index (χ4n) is 1.24. The average Bonchev–Trinajstić information content (AvgIpc) is 2.29. The third-order valence-electron chi connectivity index (χ3n) is 2.20. The average molecular weight is 221 g/mol. The molecular formula is C15H27N. The topological polar surface area (TPSA) is 3.24 Å². The van der Waals surface area contributed by atoms with Gasteiger partial charge in [-0.2, -0.15) is 0 Å². The van der Waals surface area contributed by atoms with Crippen molar-refractivity contribution < 1.29 is 0 Å². The fraction of sp³-hybridized carbons (Fsp3) is 0.600. The molecule has 0 bridgehead atoms. The molecule has 92 valence electrons. The molecule has 0 fully saturated rings. The second-order valence-electron chi connectivity index (χ2n) is 3.97. The summed E-state index contributed by atoms with van der Waals surface area (Å²) < 4.78 is 0. The molecule has 1 nitrogen and oxygen atoms in total. The van der Waals surface area contributed by atoms with E-state index in [-0.39, 0.29) is 0 Å². The maximum absolute atomic E-state index is 2.23. The van der Waals surface area contributed by atoms with Crippen molar-refractivity contribution in [2.24, 2.45) is 0 Å². The third-order valence-corrected chi connectivity index (χ3v) is 2.20. The van der Waals surface area contributed by atoms with Gasteiger partial charge in [-0.1, -0.05) is 58.3 Å². The predicted molar refractivity (Wildman–Crippen MR) is 74.0 cm³/mol. The first kappa shape index (κ1) is 15.0. The molecule has 0 aliphatic rings. The van der Waals surface area contributed by atoms with Crippen molar-refractivity contribution in [2.45, 2.75) is 59.3 Å². The fourth-order valence-corrected chi connectivity index (χ4v) is 1.24. The standard InChI is InChI=1S/C15H27N/c1-4-7-10-13-16(14-11-8-5-2)15-12-9-6-3/h10-15H,4-9H2,1-3H3/b13-10+,14-11+,15-12+. The molecular weight excluding hydrogens is 194 g/mol. The van der Waals surface area contributed by atoms with Crippen molar-refractivity contribution >= 4 is 0 Å². The van der Waals surface area contributed by atoms with Crippen LogP contribution in [0.1, 0.15) is 59.3 Å². The molecule has 1 heteroatoms. The number of rotatable bonds is 9. The van der Waals surface area contributed by atoms with Crippen LogP contribution in [0.25, 0.3) is 0 Å². The van der Waals surface area contributed by atoms with Crippen molar-refractivity contribution in [2.75, 3.05) is 0 Å². The number of hydrogen-bond donors (Lipinski definition) is 0. The van der Waals surface area contributed by atoms with Gasteiger partial charge in [0.2, 0.25) is 0 Å². The minimum atomic E-state index is 1.15. The summed E-state index contributed by atoms with van der Waals surface area (Å²) in [7, 11) is 0. The molecule has 0 N–H and O–H groups in total. The van der Waals surface area contributed by atoms with E-state index < -0.39 is 0 Å². The van der Waals surface area contributed by atoms with Gasteiger partial charge in [0.25, 0.3) is 0 Å². The van der Waals surface area contributed by atoms with Crippen molar-refractivity contribution in [1.82, 2.24) is 4.90 Å². The molecule has 16 heavy (non-hydrogen) atoms. The summed E-state index contributed by atoms with van der Waals surface area (Å²) in [5.74, 6) is 0. The number of allylic oxidation sites excluding steroid dienone is 3. The van der Waals surface area contributed by atoms with Crippen LogP contribution in [0.15, 0.2) is 36.8 Å². The lowest BCUT2D eigenvalue weighted by Gasteiger charge is -2.09. The van der Waals surface area contributed by atoms with Gasteiger partial charge in [-0.15, -0.1) is 0 Å². The lowest BCUT2D eigenvalue weighted by atomic mass is 10.3. The molecule has 0 aromatic rings. The highest BCUT2D eigenvalue weighted by molar-refractivity contribution is 4.99. The van der Waals surface area contributed by atoms with E-state index in [0.29, 0.717) is 0 Å². The number of nitrogens with zero attached hydrogens (tertiary/aromatic N) is 1. The molecule has 0 amide bonds. The lowest BCUT2D eigenvalue weighted by molar-refractivity contribution is 0.674. The summed E-state index contributed by atoms with van der Waals surface area (Å²) in [4.78, 5) is 2.15. The van der Waals surface area contributed by atoms with E-state index in [2.05, 4.69) is 62.5 Å². The predicted octanol–water partition coefficient (Wildman–Crippen LogP) is 5.23. The van der Waals surface area contributed by atoms with Crippen LogP contribution in [-0.2, 0) is 0 Å². The normalized spacial score (nSPS) is 12.2. The number of hydrogen-bond acceptors (Lipinski definition) is 1.